The average Bonchev–Trinajstić information content (AvgIpc) is 2.67. The van der Waals surface area contributed by atoms with Gasteiger partial charge in [0.25, 0.3) is 0 Å². The minimum absolute atomic E-state index is 0.189. The molecule has 0 bridgehead atoms. The number of esters is 1. The maximum Gasteiger partial charge on any atom is 0.318 e. The van der Waals surface area contributed by atoms with Gasteiger partial charge < -0.3 is 4.74 Å². The van der Waals surface area contributed by atoms with E-state index in [2.05, 4.69) is 0 Å². The maximum absolute atomic E-state index is 11.6. The Morgan fingerprint density at radius 2 is 2.06 bits per heavy atom. The molecule has 1 rings (SSSR count). The first-order valence-electron chi connectivity index (χ1n) is 4.95. The molecule has 0 aromatic carbocycles. The van der Waals surface area contributed by atoms with E-state index < -0.39 is 5.97 Å². The molecule has 0 spiro atoms. The van der Waals surface area contributed by atoms with E-state index in [0.717, 1.165) is 0 Å². The summed E-state index contributed by atoms with van der Waals surface area (Å²) in [6.07, 6.45) is 0.961. The number of rotatable bonds is 5. The summed E-state index contributed by atoms with van der Waals surface area (Å²) in [5, 5.41) is 1.79. The molecule has 90 valence electrons. The third kappa shape index (κ3) is 4.74. The SMILES string of the molecule is CC(=O)CC(=O)O/C(C)=C/C(=O)c1cccs1. The molecular formula is C12H12O4S. The van der Waals surface area contributed by atoms with Crippen LogP contribution in [0.4, 0.5) is 0 Å². The standard InChI is InChI=1S/C12H12O4S/c1-8(13)6-12(15)16-9(2)7-10(14)11-4-3-5-17-11/h3-5,7H,6H2,1-2H3/b9-7+. The molecule has 4 nitrogen and oxygen atoms in total. The molecule has 17 heavy (non-hydrogen) atoms. The molecule has 0 N–H and O–H groups in total. The number of ketones is 2. The van der Waals surface area contributed by atoms with Crippen LogP contribution in [0.15, 0.2) is 29.3 Å². The van der Waals surface area contributed by atoms with Gasteiger partial charge in [-0.15, -0.1) is 11.3 Å². The first-order valence-corrected chi connectivity index (χ1v) is 5.83. The van der Waals surface area contributed by atoms with Crippen LogP contribution in [0.5, 0.6) is 0 Å². The highest BCUT2D eigenvalue weighted by Crippen LogP contribution is 2.11. The van der Waals surface area contributed by atoms with E-state index in [0.29, 0.717) is 4.88 Å². The molecule has 0 unspecified atom stereocenters. The Hall–Kier alpha value is -1.75. The van der Waals surface area contributed by atoms with Gasteiger partial charge >= 0.3 is 5.97 Å². The number of carbonyl (C=O) groups is 3. The number of thiophene rings is 1. The van der Waals surface area contributed by atoms with Gasteiger partial charge in [-0.3, -0.25) is 14.4 Å². The Morgan fingerprint density at radius 3 is 2.59 bits per heavy atom. The summed E-state index contributed by atoms with van der Waals surface area (Å²) in [5.74, 6) is -0.944. The van der Waals surface area contributed by atoms with Gasteiger partial charge in [-0.1, -0.05) is 6.07 Å². The van der Waals surface area contributed by atoms with Crippen molar-refractivity contribution in [3.8, 4) is 0 Å². The fourth-order valence-electron chi connectivity index (χ4n) is 1.12. The van der Waals surface area contributed by atoms with E-state index in [4.69, 9.17) is 4.74 Å². The topological polar surface area (TPSA) is 60.4 Å². The normalized spacial score (nSPS) is 11.1. The predicted molar refractivity (Wildman–Crippen MR) is 63.8 cm³/mol. The molecule has 5 heteroatoms. The third-order valence-corrected chi connectivity index (χ3v) is 2.65. The zero-order chi connectivity index (χ0) is 12.8. The lowest BCUT2D eigenvalue weighted by molar-refractivity contribution is -0.141. The molecule has 0 fully saturated rings. The molecule has 0 aliphatic rings. The minimum atomic E-state index is -0.648. The van der Waals surface area contributed by atoms with Crippen molar-refractivity contribution in [2.75, 3.05) is 0 Å². The molecule has 0 aliphatic carbocycles. The van der Waals surface area contributed by atoms with Gasteiger partial charge in [-0.25, -0.2) is 0 Å². The summed E-state index contributed by atoms with van der Waals surface area (Å²) in [6.45, 7) is 2.81. The summed E-state index contributed by atoms with van der Waals surface area (Å²) in [7, 11) is 0. The number of Topliss-reactive ketones (excluding diaryl/α,β-unsaturated/α-hetero) is 1. The Morgan fingerprint density at radius 1 is 1.35 bits per heavy atom. The van der Waals surface area contributed by atoms with Crippen molar-refractivity contribution in [3.05, 3.63) is 34.2 Å². The highest BCUT2D eigenvalue weighted by molar-refractivity contribution is 7.12. The van der Waals surface area contributed by atoms with E-state index in [1.807, 2.05) is 0 Å². The van der Waals surface area contributed by atoms with E-state index >= 15 is 0 Å². The largest absolute Gasteiger partial charge is 0.431 e. The number of hydrogen-bond acceptors (Lipinski definition) is 5. The molecule has 0 saturated heterocycles. The molecule has 1 aromatic rings. The first kappa shape index (κ1) is 13.3. The van der Waals surface area contributed by atoms with Crippen LogP contribution >= 0.6 is 11.3 Å². The lowest BCUT2D eigenvalue weighted by atomic mass is 10.3. The van der Waals surface area contributed by atoms with Crippen molar-refractivity contribution in [2.45, 2.75) is 20.3 Å². The van der Waals surface area contributed by atoms with Crippen LogP contribution in [-0.2, 0) is 14.3 Å². The van der Waals surface area contributed by atoms with Crippen molar-refractivity contribution in [1.29, 1.82) is 0 Å². The zero-order valence-corrected chi connectivity index (χ0v) is 10.4. The van der Waals surface area contributed by atoms with E-state index in [9.17, 15) is 14.4 Å². The average molecular weight is 252 g/mol. The highest BCUT2D eigenvalue weighted by atomic mass is 32.1. The van der Waals surface area contributed by atoms with Gasteiger partial charge in [0.05, 0.1) is 4.88 Å². The third-order valence-electron chi connectivity index (χ3n) is 1.77. The van der Waals surface area contributed by atoms with E-state index in [1.54, 1.807) is 17.5 Å². The lowest BCUT2D eigenvalue weighted by Gasteiger charge is -2.01. The quantitative estimate of drug-likeness (QED) is 0.265. The highest BCUT2D eigenvalue weighted by Gasteiger charge is 2.09. The number of ether oxygens (including phenoxy) is 1. The Bertz CT molecular complexity index is 457. The molecule has 0 saturated carbocycles. The first-order chi connectivity index (χ1) is 7.99. The van der Waals surface area contributed by atoms with Crippen LogP contribution in [0, 0.1) is 0 Å². The summed E-state index contributed by atoms with van der Waals surface area (Å²) >= 11 is 1.31. The molecule has 1 heterocycles. The van der Waals surface area contributed by atoms with Crippen molar-refractivity contribution in [2.24, 2.45) is 0 Å². The van der Waals surface area contributed by atoms with Gasteiger partial charge in [0, 0.05) is 6.08 Å². The van der Waals surface area contributed by atoms with Crippen LogP contribution in [0.2, 0.25) is 0 Å². The monoisotopic (exact) mass is 252 g/mol. The lowest BCUT2D eigenvalue weighted by Crippen LogP contribution is -2.08. The second kappa shape index (κ2) is 6.10. The fraction of sp³-hybridized carbons (Fsp3) is 0.250. The van der Waals surface area contributed by atoms with Gasteiger partial charge in [0.1, 0.15) is 18.0 Å². The Kier molecular flexibility index (Phi) is 4.78. The van der Waals surface area contributed by atoms with Gasteiger partial charge in [-0.05, 0) is 25.3 Å². The van der Waals surface area contributed by atoms with Gasteiger partial charge in [0.2, 0.25) is 0 Å². The fourth-order valence-corrected chi connectivity index (χ4v) is 1.76. The van der Waals surface area contributed by atoms with Crippen molar-refractivity contribution in [1.82, 2.24) is 0 Å². The second-order valence-electron chi connectivity index (χ2n) is 3.45. The number of carbonyl (C=O) groups excluding carboxylic acids is 3. The Labute approximate surface area is 103 Å². The van der Waals surface area contributed by atoms with Gasteiger partial charge in [-0.2, -0.15) is 0 Å². The van der Waals surface area contributed by atoms with Crippen molar-refractivity contribution < 1.29 is 19.1 Å². The van der Waals surface area contributed by atoms with Crippen molar-refractivity contribution >= 4 is 28.9 Å². The van der Waals surface area contributed by atoms with E-state index in [1.165, 1.54) is 31.3 Å². The van der Waals surface area contributed by atoms with Gasteiger partial charge in [0.15, 0.2) is 5.78 Å². The maximum atomic E-state index is 11.6. The van der Waals surface area contributed by atoms with E-state index in [-0.39, 0.29) is 23.7 Å². The van der Waals surface area contributed by atoms with Crippen LogP contribution in [0.3, 0.4) is 0 Å². The number of allylic oxidation sites excluding steroid dienone is 2. The Balaban J connectivity index is 2.58. The van der Waals surface area contributed by atoms with Crippen LogP contribution in [0.1, 0.15) is 29.9 Å². The molecular weight excluding hydrogens is 240 g/mol. The number of hydrogen-bond donors (Lipinski definition) is 0. The van der Waals surface area contributed by atoms with Crippen molar-refractivity contribution in [3.63, 3.8) is 0 Å². The molecule has 0 amide bonds. The smallest absolute Gasteiger partial charge is 0.318 e. The predicted octanol–water partition coefficient (Wildman–Crippen LogP) is 2.36. The zero-order valence-electron chi connectivity index (χ0n) is 9.56. The summed E-state index contributed by atoms with van der Waals surface area (Å²) in [4.78, 5) is 34.0. The van der Waals surface area contributed by atoms with Crippen LogP contribution < -0.4 is 0 Å². The molecule has 0 radical (unpaired) electrons. The second-order valence-corrected chi connectivity index (χ2v) is 4.40. The summed E-state index contributed by atoms with van der Waals surface area (Å²) in [6, 6.07) is 3.46. The minimum Gasteiger partial charge on any atom is -0.431 e. The molecule has 1 aromatic heterocycles. The summed E-state index contributed by atoms with van der Waals surface area (Å²) in [5.41, 5.74) is 0. The molecule has 0 aliphatic heterocycles. The molecule has 0 atom stereocenters. The van der Waals surface area contributed by atoms with Crippen LogP contribution in [-0.4, -0.2) is 17.5 Å². The van der Waals surface area contributed by atoms with Crippen LogP contribution in [0.25, 0.3) is 0 Å². The summed E-state index contributed by atoms with van der Waals surface area (Å²) < 4.78 is 4.82.